The van der Waals surface area contributed by atoms with Crippen molar-refractivity contribution >= 4 is 62.7 Å². The van der Waals surface area contributed by atoms with Gasteiger partial charge in [0.1, 0.15) is 11.7 Å². The summed E-state index contributed by atoms with van der Waals surface area (Å²) in [5.74, 6) is -3.38. The number of nitrogens with two attached hydrogens (primary N) is 1. The fourth-order valence-corrected chi connectivity index (χ4v) is 3.54. The number of nitrogen functional groups attached to an aromatic ring is 1. The smallest absolute Gasteiger partial charge is 0.362 e. The molecule has 0 aliphatic carbocycles. The molecule has 1 fully saturated rings. The number of rotatable bonds is 7. The van der Waals surface area contributed by atoms with Crippen LogP contribution in [0.25, 0.3) is 0 Å². The topological polar surface area (TPSA) is 202 Å². The van der Waals surface area contributed by atoms with Gasteiger partial charge in [0, 0.05) is 5.38 Å². The van der Waals surface area contributed by atoms with Gasteiger partial charge in [-0.05, 0) is 20.8 Å². The molecule has 1 aromatic rings. The van der Waals surface area contributed by atoms with Crippen molar-refractivity contribution in [2.45, 2.75) is 38.5 Å². The molecule has 1 aromatic heterocycles. The molecule has 162 valence electrons. The third kappa shape index (κ3) is 5.11. The minimum atomic E-state index is -4.76. The van der Waals surface area contributed by atoms with Crippen LogP contribution < -0.4 is 11.1 Å². The number of oxime groups is 1. The number of nitrogens with zero attached hydrogens (tertiary/aromatic N) is 3. The van der Waals surface area contributed by atoms with Crippen molar-refractivity contribution in [3.8, 4) is 0 Å². The van der Waals surface area contributed by atoms with Crippen LogP contribution in [0.4, 0.5) is 5.13 Å². The van der Waals surface area contributed by atoms with E-state index in [1.54, 1.807) is 0 Å². The third-order valence-electron chi connectivity index (χ3n) is 3.73. The predicted molar refractivity (Wildman–Crippen MR) is 103 cm³/mol. The van der Waals surface area contributed by atoms with Crippen molar-refractivity contribution in [2.24, 2.45) is 5.16 Å². The normalized spacial score (nSPS) is 19.8. The second-order valence-corrected chi connectivity index (χ2v) is 8.40. The second kappa shape index (κ2) is 8.48. The molecule has 29 heavy (non-hydrogen) atoms. The lowest BCUT2D eigenvalue weighted by Crippen LogP contribution is -2.71. The van der Waals surface area contributed by atoms with E-state index in [0.29, 0.717) is 0 Å². The Labute approximate surface area is 175 Å². The molecule has 0 radical (unpaired) electrons. The Morgan fingerprint density at radius 1 is 1.45 bits per heavy atom. The number of thiazole rings is 1. The molecule has 13 nitrogen and oxygen atoms in total. The van der Waals surface area contributed by atoms with Crippen molar-refractivity contribution in [1.29, 1.82) is 0 Å². The lowest BCUT2D eigenvalue weighted by atomic mass is 10.0. The van der Waals surface area contributed by atoms with Crippen LogP contribution in [0.2, 0.25) is 0 Å². The number of carboxylic acids is 1. The van der Waals surface area contributed by atoms with Gasteiger partial charge in [-0.25, -0.2) is 14.1 Å². The summed E-state index contributed by atoms with van der Waals surface area (Å²) in [4.78, 5) is 44.4. The summed E-state index contributed by atoms with van der Waals surface area (Å²) in [6, 6.07) is -2.31. The molecular formula is C13H18ClN5O8S2. The van der Waals surface area contributed by atoms with E-state index < -0.39 is 51.5 Å². The molecule has 0 unspecified atom stereocenters. The van der Waals surface area contributed by atoms with Gasteiger partial charge < -0.3 is 21.0 Å². The number of nitrogens with one attached hydrogen (secondary N) is 1. The van der Waals surface area contributed by atoms with E-state index in [9.17, 15) is 22.8 Å². The van der Waals surface area contributed by atoms with Gasteiger partial charge >= 0.3 is 16.3 Å². The van der Waals surface area contributed by atoms with Crippen LogP contribution in [0.3, 0.4) is 0 Å². The average molecular weight is 472 g/mol. The van der Waals surface area contributed by atoms with Gasteiger partial charge in [0.05, 0.1) is 6.04 Å². The number of aliphatic carboxylic acids is 1. The molecule has 2 amide bonds. The van der Waals surface area contributed by atoms with Gasteiger partial charge in [-0.3, -0.25) is 14.1 Å². The van der Waals surface area contributed by atoms with Crippen LogP contribution in [-0.4, -0.2) is 68.5 Å². The number of β-lactam (4-membered cyclic amide) rings is 1. The van der Waals surface area contributed by atoms with E-state index in [1.165, 1.54) is 26.2 Å². The van der Waals surface area contributed by atoms with Gasteiger partial charge in [-0.1, -0.05) is 5.16 Å². The molecule has 1 aliphatic heterocycles. The third-order valence-corrected chi connectivity index (χ3v) is 5.41. The Morgan fingerprint density at radius 2 is 2.03 bits per heavy atom. The summed E-state index contributed by atoms with van der Waals surface area (Å²) in [5.41, 5.74) is 3.26. The molecule has 0 bridgehead atoms. The van der Waals surface area contributed by atoms with Crippen LogP contribution >= 0.6 is 23.7 Å². The largest absolute Gasteiger partial charge is 0.478 e. The summed E-state index contributed by atoms with van der Waals surface area (Å²) >= 11 is 0.980. The van der Waals surface area contributed by atoms with E-state index in [2.05, 4.69) is 15.5 Å². The first-order valence-electron chi connectivity index (χ1n) is 7.58. The van der Waals surface area contributed by atoms with Crippen LogP contribution in [-0.2, 0) is 29.5 Å². The molecule has 16 heteroatoms. The maximum absolute atomic E-state index is 12.6. The number of anilines is 1. The standard InChI is InChI=1S/C13H17N5O8S2.ClH/c1-5-7(10(20)18(5)28(23,24)25)16-9(19)8(6-4-27-12(14)15-6)17-26-13(2,3)11(21)22;/h4-5,7H,1-3H3,(H2,14,15)(H,16,19)(H,21,22)(H,23,24,25);1H/t5-,7-;/m0./s1. The number of halogens is 1. The summed E-state index contributed by atoms with van der Waals surface area (Å²) in [6.07, 6.45) is 0. The maximum atomic E-state index is 12.6. The lowest BCUT2D eigenvalue weighted by molar-refractivity contribution is -0.161. The molecule has 5 N–H and O–H groups in total. The number of aromatic nitrogens is 1. The number of carbonyl (C=O) groups is 3. The van der Waals surface area contributed by atoms with Crippen LogP contribution in [0.15, 0.2) is 10.5 Å². The number of hydrogen-bond acceptors (Lipinski definition) is 10. The zero-order valence-electron chi connectivity index (χ0n) is 15.2. The van der Waals surface area contributed by atoms with Gasteiger partial charge in [0.25, 0.3) is 11.8 Å². The molecule has 0 saturated carbocycles. The number of carboxylic acid groups (broad SMARTS) is 1. The highest BCUT2D eigenvalue weighted by Crippen LogP contribution is 2.23. The predicted octanol–water partition coefficient (Wildman–Crippen LogP) is -0.751. The minimum Gasteiger partial charge on any atom is -0.478 e. The Balaban J connectivity index is 0.00000420. The molecule has 2 atom stereocenters. The fourth-order valence-electron chi connectivity index (χ4n) is 2.11. The second-order valence-electron chi connectivity index (χ2n) is 6.22. The monoisotopic (exact) mass is 471 g/mol. The van der Waals surface area contributed by atoms with Crippen LogP contribution in [0.5, 0.6) is 0 Å². The first-order chi connectivity index (χ1) is 12.8. The lowest BCUT2D eigenvalue weighted by Gasteiger charge is -2.42. The van der Waals surface area contributed by atoms with E-state index in [0.717, 1.165) is 11.3 Å². The van der Waals surface area contributed by atoms with Crippen LogP contribution in [0.1, 0.15) is 26.5 Å². The Morgan fingerprint density at radius 3 is 2.45 bits per heavy atom. The zero-order valence-corrected chi connectivity index (χ0v) is 17.7. The van der Waals surface area contributed by atoms with Crippen molar-refractivity contribution in [3.63, 3.8) is 0 Å². The number of carbonyl (C=O) groups excluding carboxylic acids is 2. The Hall–Kier alpha value is -2.49. The SMILES string of the molecule is C[C@H]1[C@H](NC(=O)C(=NOC(C)(C)C(=O)O)c2csc(N)n2)C(=O)N1S(=O)(=O)O.Cl. The zero-order chi connectivity index (χ0) is 21.4. The summed E-state index contributed by atoms with van der Waals surface area (Å²) in [6.45, 7) is 3.69. The molecule has 1 saturated heterocycles. The fraction of sp³-hybridized carbons (Fsp3) is 0.462. The number of amides is 2. The van der Waals surface area contributed by atoms with Gasteiger partial charge in [0.15, 0.2) is 10.8 Å². The number of hydrogen-bond donors (Lipinski definition) is 4. The summed E-state index contributed by atoms with van der Waals surface area (Å²) < 4.78 is 31.4. The van der Waals surface area contributed by atoms with Gasteiger partial charge in [-0.15, -0.1) is 23.7 Å². The van der Waals surface area contributed by atoms with Gasteiger partial charge in [-0.2, -0.15) is 8.42 Å². The van der Waals surface area contributed by atoms with E-state index in [-0.39, 0.29) is 27.5 Å². The van der Waals surface area contributed by atoms with Crippen molar-refractivity contribution in [2.75, 3.05) is 5.73 Å². The highest BCUT2D eigenvalue weighted by Gasteiger charge is 2.51. The quantitative estimate of drug-likeness (QED) is 0.169. The molecule has 2 heterocycles. The summed E-state index contributed by atoms with van der Waals surface area (Å²) in [7, 11) is -4.76. The van der Waals surface area contributed by atoms with Crippen LogP contribution in [0, 0.1) is 0 Å². The van der Waals surface area contributed by atoms with E-state index in [4.69, 9.17) is 20.2 Å². The highest BCUT2D eigenvalue weighted by atomic mass is 35.5. The molecule has 0 spiro atoms. The first kappa shape index (κ1) is 24.5. The Bertz CT molecular complexity index is 960. The molecule has 0 aromatic carbocycles. The van der Waals surface area contributed by atoms with Crippen molar-refractivity contribution in [1.82, 2.24) is 14.6 Å². The van der Waals surface area contributed by atoms with Crippen molar-refractivity contribution < 1.29 is 37.3 Å². The molecule has 2 rings (SSSR count). The molecule has 1 aliphatic rings. The van der Waals surface area contributed by atoms with E-state index in [1.807, 2.05) is 0 Å². The van der Waals surface area contributed by atoms with E-state index >= 15 is 0 Å². The average Bonchev–Trinajstić information content (AvgIpc) is 2.97. The highest BCUT2D eigenvalue weighted by molar-refractivity contribution is 7.84. The van der Waals surface area contributed by atoms with Crippen molar-refractivity contribution in [3.05, 3.63) is 11.1 Å². The summed E-state index contributed by atoms with van der Waals surface area (Å²) in [5, 5.41) is 16.3. The molecular weight excluding hydrogens is 454 g/mol. The Kier molecular flexibility index (Phi) is 7.18. The van der Waals surface area contributed by atoms with Gasteiger partial charge in [0.2, 0.25) is 5.60 Å². The maximum Gasteiger partial charge on any atom is 0.362 e. The first-order valence-corrected chi connectivity index (χ1v) is 9.86. The minimum absolute atomic E-state index is 0.